The van der Waals surface area contributed by atoms with Gasteiger partial charge in [0.1, 0.15) is 4.90 Å². The maximum absolute atomic E-state index is 13.2. The van der Waals surface area contributed by atoms with Crippen molar-refractivity contribution in [1.82, 2.24) is 14.1 Å². The highest BCUT2D eigenvalue weighted by atomic mass is 35.5. The number of benzene rings is 2. The second-order valence-electron chi connectivity index (χ2n) is 8.51. The summed E-state index contributed by atoms with van der Waals surface area (Å²) in [6.07, 6.45) is 2.56. The number of nitrogens with zero attached hydrogens (tertiary/aromatic N) is 3. The molecule has 0 saturated carbocycles. The maximum atomic E-state index is 13.2. The third-order valence-corrected chi connectivity index (χ3v) is 8.95. The molecule has 1 fully saturated rings. The number of carbonyl (C=O) groups excluding carboxylic acids is 1. The van der Waals surface area contributed by atoms with Crippen molar-refractivity contribution in [2.45, 2.75) is 44.6 Å². The monoisotopic (exact) mass is 554 g/mol. The van der Waals surface area contributed by atoms with Crippen LogP contribution < -0.4 is 5.32 Å². The van der Waals surface area contributed by atoms with E-state index in [1.54, 1.807) is 17.7 Å². The number of piperidine rings is 1. The SMILES string of the molecule is Cc1nn(Cc2cccc(Cl)c2)c(C)c1NC(=O)c1cc(S(=O)(=O)N2CCCCC2)c(Cl)cc1Cl. The zero-order valence-electron chi connectivity index (χ0n) is 19.3. The van der Waals surface area contributed by atoms with Gasteiger partial charge in [-0.25, -0.2) is 8.42 Å². The standard InChI is InChI=1S/C24H25Cl3N4O3S/c1-15-23(16(2)31(29-15)14-17-7-6-8-18(25)11-17)28-24(32)19-12-22(21(27)13-20(19)26)35(33,34)30-9-4-3-5-10-30/h6-8,11-13H,3-5,9-10,14H2,1-2H3,(H,28,32). The lowest BCUT2D eigenvalue weighted by molar-refractivity contribution is 0.102. The number of aryl methyl sites for hydroxylation is 1. The number of amides is 1. The Bertz CT molecular complexity index is 1380. The van der Waals surface area contributed by atoms with Gasteiger partial charge in [0.2, 0.25) is 10.0 Å². The van der Waals surface area contributed by atoms with Gasteiger partial charge < -0.3 is 5.32 Å². The Kier molecular flexibility index (Phi) is 7.78. The summed E-state index contributed by atoms with van der Waals surface area (Å²) in [6.45, 7) is 4.95. The van der Waals surface area contributed by atoms with Crippen LogP contribution in [0.4, 0.5) is 5.69 Å². The van der Waals surface area contributed by atoms with Gasteiger partial charge in [0, 0.05) is 18.1 Å². The second kappa shape index (κ2) is 10.5. The van der Waals surface area contributed by atoms with Crippen LogP contribution >= 0.6 is 34.8 Å². The van der Waals surface area contributed by atoms with Crippen LogP contribution in [0.5, 0.6) is 0 Å². The van der Waals surface area contributed by atoms with Gasteiger partial charge in [-0.15, -0.1) is 0 Å². The zero-order valence-corrected chi connectivity index (χ0v) is 22.4. The number of hydrogen-bond acceptors (Lipinski definition) is 4. The first-order chi connectivity index (χ1) is 16.6. The molecule has 186 valence electrons. The Morgan fingerprint density at radius 1 is 1.03 bits per heavy atom. The minimum absolute atomic E-state index is 0.0150. The van der Waals surface area contributed by atoms with Crippen LogP contribution in [0.25, 0.3) is 0 Å². The number of carbonyl (C=O) groups is 1. The fourth-order valence-electron chi connectivity index (χ4n) is 4.17. The fraction of sp³-hybridized carbons (Fsp3) is 0.333. The molecule has 1 aromatic heterocycles. The molecule has 0 bridgehead atoms. The summed E-state index contributed by atoms with van der Waals surface area (Å²) in [4.78, 5) is 13.1. The normalized spacial score (nSPS) is 14.8. The molecule has 0 spiro atoms. The summed E-state index contributed by atoms with van der Waals surface area (Å²) in [7, 11) is -3.85. The Hall–Kier alpha value is -2.10. The molecule has 35 heavy (non-hydrogen) atoms. The first kappa shape index (κ1) is 26.0. The molecule has 1 aliphatic heterocycles. The fourth-order valence-corrected chi connectivity index (χ4v) is 6.73. The summed E-state index contributed by atoms with van der Waals surface area (Å²) in [5, 5.41) is 8.06. The van der Waals surface area contributed by atoms with Gasteiger partial charge in [-0.2, -0.15) is 9.40 Å². The van der Waals surface area contributed by atoms with E-state index in [9.17, 15) is 13.2 Å². The Morgan fingerprint density at radius 3 is 2.43 bits per heavy atom. The van der Waals surface area contributed by atoms with E-state index < -0.39 is 15.9 Å². The molecule has 7 nitrogen and oxygen atoms in total. The van der Waals surface area contributed by atoms with Crippen molar-refractivity contribution < 1.29 is 13.2 Å². The highest BCUT2D eigenvalue weighted by Gasteiger charge is 2.30. The van der Waals surface area contributed by atoms with Crippen LogP contribution in [0.2, 0.25) is 15.1 Å². The van der Waals surface area contributed by atoms with E-state index in [0.717, 1.165) is 30.5 Å². The number of sulfonamides is 1. The molecule has 1 aliphatic rings. The minimum atomic E-state index is -3.85. The molecule has 1 N–H and O–H groups in total. The van der Waals surface area contributed by atoms with Crippen molar-refractivity contribution in [1.29, 1.82) is 0 Å². The van der Waals surface area contributed by atoms with Crippen molar-refractivity contribution >= 4 is 56.4 Å². The third-order valence-electron chi connectivity index (χ3n) is 6.04. The first-order valence-corrected chi connectivity index (χ1v) is 13.7. The molecule has 2 heterocycles. The smallest absolute Gasteiger partial charge is 0.257 e. The molecule has 3 aromatic rings. The molecule has 11 heteroatoms. The Morgan fingerprint density at radius 2 is 1.74 bits per heavy atom. The maximum Gasteiger partial charge on any atom is 0.257 e. The van der Waals surface area contributed by atoms with Crippen molar-refractivity contribution in [3.05, 3.63) is 74.0 Å². The van der Waals surface area contributed by atoms with E-state index in [0.29, 0.717) is 36.0 Å². The van der Waals surface area contributed by atoms with Crippen molar-refractivity contribution in [2.75, 3.05) is 18.4 Å². The van der Waals surface area contributed by atoms with E-state index in [1.165, 1.54) is 16.4 Å². The minimum Gasteiger partial charge on any atom is -0.319 e. The summed E-state index contributed by atoms with van der Waals surface area (Å²) < 4.78 is 29.6. The van der Waals surface area contributed by atoms with Gasteiger partial charge in [-0.1, -0.05) is 53.4 Å². The van der Waals surface area contributed by atoms with Crippen LogP contribution in [-0.2, 0) is 16.6 Å². The predicted octanol–water partition coefficient (Wildman–Crippen LogP) is 5.94. The summed E-state index contributed by atoms with van der Waals surface area (Å²) in [5.41, 5.74) is 2.87. The molecule has 0 radical (unpaired) electrons. The molecule has 1 amide bonds. The van der Waals surface area contributed by atoms with Gasteiger partial charge in [0.25, 0.3) is 5.91 Å². The van der Waals surface area contributed by atoms with E-state index in [4.69, 9.17) is 34.8 Å². The summed E-state index contributed by atoms with van der Waals surface area (Å²) in [6, 6.07) is 10.0. The molecule has 4 rings (SSSR count). The van der Waals surface area contributed by atoms with Crippen LogP contribution in [0.1, 0.15) is 46.6 Å². The number of hydrogen-bond donors (Lipinski definition) is 1. The number of halogens is 3. The molecule has 0 atom stereocenters. The number of aromatic nitrogens is 2. The summed E-state index contributed by atoms with van der Waals surface area (Å²) >= 11 is 18.7. The highest BCUT2D eigenvalue weighted by molar-refractivity contribution is 7.89. The van der Waals surface area contributed by atoms with Crippen LogP contribution in [0.3, 0.4) is 0 Å². The number of anilines is 1. The lowest BCUT2D eigenvalue weighted by atomic mass is 10.2. The van der Waals surface area contributed by atoms with Gasteiger partial charge >= 0.3 is 0 Å². The van der Waals surface area contributed by atoms with E-state index >= 15 is 0 Å². The molecular weight excluding hydrogens is 531 g/mol. The molecule has 0 unspecified atom stereocenters. The van der Waals surface area contributed by atoms with Crippen molar-refractivity contribution in [2.24, 2.45) is 0 Å². The third kappa shape index (κ3) is 5.52. The predicted molar refractivity (Wildman–Crippen MR) is 139 cm³/mol. The molecule has 2 aromatic carbocycles. The van der Waals surface area contributed by atoms with Gasteiger partial charge in [0.15, 0.2) is 0 Å². The Labute approximate surface area is 220 Å². The van der Waals surface area contributed by atoms with Crippen LogP contribution in [0.15, 0.2) is 41.3 Å². The van der Waals surface area contributed by atoms with Gasteiger partial charge in [0.05, 0.1) is 39.2 Å². The number of nitrogens with one attached hydrogen (secondary N) is 1. The molecule has 1 saturated heterocycles. The van der Waals surface area contributed by atoms with Crippen molar-refractivity contribution in [3.8, 4) is 0 Å². The topological polar surface area (TPSA) is 84.3 Å². The first-order valence-electron chi connectivity index (χ1n) is 11.2. The molecule has 0 aliphatic carbocycles. The Balaban J connectivity index is 1.62. The van der Waals surface area contributed by atoms with Crippen LogP contribution in [-0.4, -0.2) is 41.5 Å². The lowest BCUT2D eigenvalue weighted by Crippen LogP contribution is -2.35. The second-order valence-corrected chi connectivity index (χ2v) is 11.7. The average molecular weight is 556 g/mol. The van der Waals surface area contributed by atoms with E-state index in [-0.39, 0.29) is 20.5 Å². The average Bonchev–Trinajstić information content (AvgIpc) is 3.06. The molecular formula is C24H25Cl3N4O3S. The highest BCUT2D eigenvalue weighted by Crippen LogP contribution is 2.33. The number of rotatable bonds is 6. The largest absolute Gasteiger partial charge is 0.319 e. The van der Waals surface area contributed by atoms with Gasteiger partial charge in [-0.05, 0) is 56.5 Å². The zero-order chi connectivity index (χ0) is 25.3. The van der Waals surface area contributed by atoms with Crippen LogP contribution in [0, 0.1) is 13.8 Å². The van der Waals surface area contributed by atoms with Gasteiger partial charge in [-0.3, -0.25) is 9.48 Å². The lowest BCUT2D eigenvalue weighted by Gasteiger charge is -2.26. The van der Waals surface area contributed by atoms with E-state index in [1.807, 2.05) is 25.1 Å². The van der Waals surface area contributed by atoms with E-state index in [2.05, 4.69) is 10.4 Å². The van der Waals surface area contributed by atoms with Crippen molar-refractivity contribution in [3.63, 3.8) is 0 Å². The summed E-state index contributed by atoms with van der Waals surface area (Å²) in [5.74, 6) is -0.546. The quantitative estimate of drug-likeness (QED) is 0.408.